The van der Waals surface area contributed by atoms with Crippen LogP contribution in [0.1, 0.15) is 24.0 Å². The Bertz CT molecular complexity index is 682. The van der Waals surface area contributed by atoms with E-state index < -0.39 is 10.0 Å². The molecule has 0 saturated carbocycles. The van der Waals surface area contributed by atoms with Crippen molar-refractivity contribution in [3.05, 3.63) is 29.3 Å². The molecule has 98 valence electrons. The predicted molar refractivity (Wildman–Crippen MR) is 66.9 cm³/mol. The molecule has 0 aromatic carbocycles. The first-order valence-electron chi connectivity index (χ1n) is 5.69. The Morgan fingerprint density at radius 2 is 1.94 bits per heavy atom. The van der Waals surface area contributed by atoms with Gasteiger partial charge in [0, 0.05) is 6.54 Å². The minimum Gasteiger partial charge on any atom is -0.269 e. The van der Waals surface area contributed by atoms with Crippen LogP contribution < -0.4 is 0 Å². The van der Waals surface area contributed by atoms with Gasteiger partial charge < -0.3 is 0 Å². The molecule has 18 heavy (non-hydrogen) atoms. The van der Waals surface area contributed by atoms with Gasteiger partial charge in [-0.1, -0.05) is 0 Å². The molecule has 2 heterocycles. The Morgan fingerprint density at radius 3 is 2.39 bits per heavy atom. The number of rotatable bonds is 3. The van der Waals surface area contributed by atoms with Gasteiger partial charge in [0.25, 0.3) is 10.0 Å². The van der Waals surface area contributed by atoms with Gasteiger partial charge in [-0.25, -0.2) is 0 Å². The summed E-state index contributed by atoms with van der Waals surface area (Å²) < 4.78 is 27.6. The fraction of sp³-hybridized carbons (Fsp3) is 0.455. The highest BCUT2D eigenvalue weighted by atomic mass is 32.2. The zero-order valence-corrected chi connectivity index (χ0v) is 11.7. The maximum absolute atomic E-state index is 12.5. The average Bonchev–Trinajstić information content (AvgIpc) is 2.82. The van der Waals surface area contributed by atoms with Crippen molar-refractivity contribution in [1.29, 1.82) is 0 Å². The Morgan fingerprint density at radius 1 is 1.28 bits per heavy atom. The molecule has 2 aromatic rings. The van der Waals surface area contributed by atoms with Gasteiger partial charge in [0.15, 0.2) is 0 Å². The molecule has 2 rings (SSSR count). The molecule has 0 saturated heterocycles. The lowest BCUT2D eigenvalue weighted by Crippen LogP contribution is -2.17. The van der Waals surface area contributed by atoms with E-state index in [4.69, 9.17) is 0 Å². The van der Waals surface area contributed by atoms with Crippen molar-refractivity contribution >= 4 is 10.0 Å². The largest absolute Gasteiger partial charge is 0.286 e. The molecule has 0 aliphatic rings. The summed E-state index contributed by atoms with van der Waals surface area (Å²) in [6.07, 6.45) is 1.38. The van der Waals surface area contributed by atoms with Crippen LogP contribution in [0.25, 0.3) is 0 Å². The lowest BCUT2D eigenvalue weighted by molar-refractivity contribution is 0.575. The van der Waals surface area contributed by atoms with Gasteiger partial charge in [-0.15, -0.1) is 0 Å². The number of hydrogen-bond donors (Lipinski definition) is 0. The molecule has 0 N–H and O–H groups in total. The smallest absolute Gasteiger partial charge is 0.269 e. The fourth-order valence-corrected chi connectivity index (χ4v) is 3.46. The van der Waals surface area contributed by atoms with Crippen LogP contribution in [0, 0.1) is 20.8 Å². The van der Waals surface area contributed by atoms with Crippen LogP contribution in [0.4, 0.5) is 0 Å². The first-order chi connectivity index (χ1) is 8.37. The fourth-order valence-electron chi connectivity index (χ4n) is 1.95. The van der Waals surface area contributed by atoms with Crippen LogP contribution >= 0.6 is 0 Å². The Balaban J connectivity index is 2.62. The second-order valence-electron chi connectivity index (χ2n) is 4.19. The maximum Gasteiger partial charge on any atom is 0.286 e. The molecule has 0 bridgehead atoms. The standard InChI is InChI=1S/C11H16N4O2S/c1-5-14-10(4)11(7-12-14)18(16,17)15-9(3)6-8(2)13-15/h6-7H,5H2,1-4H3. The summed E-state index contributed by atoms with van der Waals surface area (Å²) in [5.41, 5.74) is 1.90. The molecular formula is C11H16N4O2S. The highest BCUT2D eigenvalue weighted by molar-refractivity contribution is 7.90. The van der Waals surface area contributed by atoms with Gasteiger partial charge in [-0.3, -0.25) is 4.68 Å². The lowest BCUT2D eigenvalue weighted by atomic mass is 10.4. The Labute approximate surface area is 106 Å². The molecule has 0 aliphatic heterocycles. The van der Waals surface area contributed by atoms with E-state index in [9.17, 15) is 8.42 Å². The van der Waals surface area contributed by atoms with Crippen molar-refractivity contribution in [3.8, 4) is 0 Å². The summed E-state index contributed by atoms with van der Waals surface area (Å²) in [5, 5.41) is 8.09. The molecule has 6 nitrogen and oxygen atoms in total. The van der Waals surface area contributed by atoms with E-state index in [1.165, 1.54) is 6.20 Å². The highest BCUT2D eigenvalue weighted by Gasteiger charge is 2.24. The van der Waals surface area contributed by atoms with Crippen LogP contribution in [0.5, 0.6) is 0 Å². The topological polar surface area (TPSA) is 69.8 Å². The molecule has 2 aromatic heterocycles. The summed E-state index contributed by atoms with van der Waals surface area (Å²) in [5.74, 6) is 0. The zero-order chi connectivity index (χ0) is 13.5. The zero-order valence-electron chi connectivity index (χ0n) is 10.9. The Hall–Kier alpha value is -1.63. The van der Waals surface area contributed by atoms with Crippen molar-refractivity contribution in [1.82, 2.24) is 19.0 Å². The highest BCUT2D eigenvalue weighted by Crippen LogP contribution is 2.19. The second-order valence-corrected chi connectivity index (χ2v) is 5.92. The van der Waals surface area contributed by atoms with Gasteiger partial charge in [-0.2, -0.15) is 22.7 Å². The summed E-state index contributed by atoms with van der Waals surface area (Å²) in [4.78, 5) is 0.204. The van der Waals surface area contributed by atoms with Crippen molar-refractivity contribution in [3.63, 3.8) is 0 Å². The third-order valence-corrected chi connectivity index (χ3v) is 4.61. The van der Waals surface area contributed by atoms with Crippen LogP contribution in [0.3, 0.4) is 0 Å². The van der Waals surface area contributed by atoms with E-state index >= 15 is 0 Å². The average molecular weight is 268 g/mol. The predicted octanol–water partition coefficient (Wildman–Crippen LogP) is 1.26. The van der Waals surface area contributed by atoms with Crippen LogP contribution in [-0.4, -0.2) is 27.4 Å². The van der Waals surface area contributed by atoms with Gasteiger partial charge >= 0.3 is 0 Å². The van der Waals surface area contributed by atoms with Crippen molar-refractivity contribution in [2.45, 2.75) is 39.1 Å². The van der Waals surface area contributed by atoms with Crippen LogP contribution in [0.15, 0.2) is 17.2 Å². The molecule has 7 heteroatoms. The maximum atomic E-state index is 12.5. The van der Waals surface area contributed by atoms with E-state index in [1.54, 1.807) is 31.5 Å². The number of aryl methyl sites for hydroxylation is 3. The van der Waals surface area contributed by atoms with Crippen LogP contribution in [0.2, 0.25) is 0 Å². The number of hydrogen-bond acceptors (Lipinski definition) is 4. The first-order valence-corrected chi connectivity index (χ1v) is 7.13. The third kappa shape index (κ3) is 1.84. The van der Waals surface area contributed by atoms with Crippen molar-refractivity contribution < 1.29 is 8.42 Å². The second kappa shape index (κ2) is 4.24. The minimum atomic E-state index is -3.65. The van der Waals surface area contributed by atoms with E-state index in [0.29, 0.717) is 23.6 Å². The van der Waals surface area contributed by atoms with E-state index in [-0.39, 0.29) is 4.90 Å². The third-order valence-electron chi connectivity index (χ3n) is 2.83. The quantitative estimate of drug-likeness (QED) is 0.840. The van der Waals surface area contributed by atoms with Gasteiger partial charge in [-0.05, 0) is 33.8 Å². The van der Waals surface area contributed by atoms with E-state index in [1.807, 2.05) is 6.92 Å². The molecular weight excluding hydrogens is 252 g/mol. The normalized spacial score (nSPS) is 12.0. The molecule has 0 radical (unpaired) electrons. The molecule has 0 fully saturated rings. The van der Waals surface area contributed by atoms with E-state index in [0.717, 1.165) is 4.09 Å². The summed E-state index contributed by atoms with van der Waals surface area (Å²) in [6.45, 7) is 7.78. The summed E-state index contributed by atoms with van der Waals surface area (Å²) >= 11 is 0. The summed E-state index contributed by atoms with van der Waals surface area (Å²) in [6, 6.07) is 1.73. The van der Waals surface area contributed by atoms with Gasteiger partial charge in [0.1, 0.15) is 4.90 Å². The van der Waals surface area contributed by atoms with E-state index in [2.05, 4.69) is 10.2 Å². The monoisotopic (exact) mass is 268 g/mol. The van der Waals surface area contributed by atoms with Crippen LogP contribution in [-0.2, 0) is 16.6 Å². The molecule has 0 unspecified atom stereocenters. The minimum absolute atomic E-state index is 0.204. The van der Waals surface area contributed by atoms with Gasteiger partial charge in [0.2, 0.25) is 0 Å². The molecule has 0 atom stereocenters. The first kappa shape index (κ1) is 12.8. The van der Waals surface area contributed by atoms with Crippen molar-refractivity contribution in [2.24, 2.45) is 0 Å². The SMILES string of the molecule is CCn1ncc(S(=O)(=O)n2nc(C)cc2C)c1C. The van der Waals surface area contributed by atoms with Gasteiger partial charge in [0.05, 0.1) is 23.3 Å². The number of aromatic nitrogens is 4. The molecule has 0 aliphatic carbocycles. The lowest BCUT2D eigenvalue weighted by Gasteiger charge is -2.06. The number of nitrogens with zero attached hydrogens (tertiary/aromatic N) is 4. The summed E-state index contributed by atoms with van der Waals surface area (Å²) in [7, 11) is -3.65. The molecule has 0 spiro atoms. The van der Waals surface area contributed by atoms with Crippen molar-refractivity contribution in [2.75, 3.05) is 0 Å². The Kier molecular flexibility index (Phi) is 3.02. The molecule has 0 amide bonds.